The highest BCUT2D eigenvalue weighted by Gasteiger charge is 2.16. The van der Waals surface area contributed by atoms with E-state index < -0.39 is 26.7 Å². The van der Waals surface area contributed by atoms with Crippen molar-refractivity contribution in [1.29, 1.82) is 0 Å². The summed E-state index contributed by atoms with van der Waals surface area (Å²) in [5.41, 5.74) is 0.595. The number of benzene rings is 3. The number of sulfonamides is 1. The minimum atomic E-state index is -4.26. The summed E-state index contributed by atoms with van der Waals surface area (Å²) in [5, 5.41) is 13.2. The van der Waals surface area contributed by atoms with Crippen LogP contribution in [0.25, 0.3) is 6.08 Å². The van der Waals surface area contributed by atoms with E-state index in [1.54, 1.807) is 30.3 Å². The molecule has 0 aliphatic carbocycles. The van der Waals surface area contributed by atoms with Crippen molar-refractivity contribution in [2.45, 2.75) is 4.90 Å². The standard InChI is InChI=1S/C22H16FN3O5S/c23-18-9-13-20(14-10-18)32(30,31)25-21(15-6-16-4-2-1-3-5-16)24-22(27)17-7-11-19(12-8-17)26(28)29/h1-15H,(H,24,25,27)/b15-6+. The quantitative estimate of drug-likeness (QED) is 0.262. The zero-order valence-corrected chi connectivity index (χ0v) is 17.2. The van der Waals surface area contributed by atoms with Crippen LogP contribution in [-0.2, 0) is 10.0 Å². The monoisotopic (exact) mass is 453 g/mol. The van der Waals surface area contributed by atoms with Crippen LogP contribution in [0.2, 0.25) is 0 Å². The zero-order chi connectivity index (χ0) is 23.1. The number of rotatable bonds is 6. The largest absolute Gasteiger partial charge is 0.306 e. The van der Waals surface area contributed by atoms with Crippen LogP contribution in [0.15, 0.2) is 94.2 Å². The van der Waals surface area contributed by atoms with E-state index in [0.29, 0.717) is 0 Å². The summed E-state index contributed by atoms with van der Waals surface area (Å²) < 4.78 is 42.1. The van der Waals surface area contributed by atoms with Crippen LogP contribution in [0, 0.1) is 15.9 Å². The first kappa shape index (κ1) is 22.5. The number of carbonyl (C=O) groups is 1. The van der Waals surface area contributed by atoms with Crippen LogP contribution in [0.1, 0.15) is 15.9 Å². The molecule has 32 heavy (non-hydrogen) atoms. The number of non-ortho nitro benzene ring substituents is 1. The van der Waals surface area contributed by atoms with Crippen molar-refractivity contribution in [2.75, 3.05) is 0 Å². The molecule has 1 N–H and O–H groups in total. The molecule has 8 nitrogen and oxygen atoms in total. The maximum atomic E-state index is 13.1. The Morgan fingerprint density at radius 3 is 2.19 bits per heavy atom. The molecule has 0 heterocycles. The van der Waals surface area contributed by atoms with E-state index in [-0.39, 0.29) is 22.0 Å². The summed E-state index contributed by atoms with van der Waals surface area (Å²) in [4.78, 5) is 22.5. The number of nitro groups is 1. The second-order valence-electron chi connectivity index (χ2n) is 6.41. The molecule has 3 aromatic carbocycles. The average molecular weight is 453 g/mol. The van der Waals surface area contributed by atoms with Crippen molar-refractivity contribution >= 4 is 33.5 Å². The van der Waals surface area contributed by atoms with E-state index in [4.69, 9.17) is 0 Å². The predicted octanol–water partition coefficient (Wildman–Crippen LogP) is 3.96. The first-order valence-electron chi connectivity index (χ1n) is 9.14. The fourth-order valence-electron chi connectivity index (χ4n) is 2.55. The molecule has 162 valence electrons. The van der Waals surface area contributed by atoms with Gasteiger partial charge in [-0.25, -0.2) is 4.39 Å². The van der Waals surface area contributed by atoms with Gasteiger partial charge in [0.25, 0.3) is 21.6 Å². The van der Waals surface area contributed by atoms with Gasteiger partial charge in [0.05, 0.1) is 9.82 Å². The minimum absolute atomic E-state index is 0.0654. The summed E-state index contributed by atoms with van der Waals surface area (Å²) >= 11 is 0. The van der Waals surface area contributed by atoms with Crippen LogP contribution in [0.4, 0.5) is 10.1 Å². The number of halogens is 1. The molecular weight excluding hydrogens is 437 g/mol. The van der Waals surface area contributed by atoms with Crippen molar-refractivity contribution in [3.05, 3.63) is 112 Å². The van der Waals surface area contributed by atoms with E-state index >= 15 is 0 Å². The van der Waals surface area contributed by atoms with Gasteiger partial charge in [0, 0.05) is 17.7 Å². The molecule has 0 aliphatic rings. The van der Waals surface area contributed by atoms with Gasteiger partial charge in [-0.05, 0) is 48.0 Å². The lowest BCUT2D eigenvalue weighted by molar-refractivity contribution is -0.384. The molecule has 0 fully saturated rings. The first-order chi connectivity index (χ1) is 15.2. The Bertz CT molecular complexity index is 1290. The number of hydrogen-bond donors (Lipinski definition) is 1. The molecule has 0 aliphatic heterocycles. The second-order valence-corrected chi connectivity index (χ2v) is 8.01. The molecular formula is C22H16FN3O5S. The highest BCUT2D eigenvalue weighted by molar-refractivity contribution is 7.90. The number of amidine groups is 1. The third kappa shape index (κ3) is 5.92. The maximum Gasteiger partial charge on any atom is 0.284 e. The van der Waals surface area contributed by atoms with Gasteiger partial charge >= 0.3 is 0 Å². The third-order valence-corrected chi connectivity index (χ3v) is 5.45. The molecule has 10 heteroatoms. The third-order valence-electron chi connectivity index (χ3n) is 4.15. The number of carbonyl (C=O) groups excluding carboxylic acids is 1. The highest BCUT2D eigenvalue weighted by atomic mass is 32.2. The van der Waals surface area contributed by atoms with E-state index in [1.807, 2.05) is 6.07 Å². The van der Waals surface area contributed by atoms with Crippen molar-refractivity contribution < 1.29 is 22.5 Å². The van der Waals surface area contributed by atoms with Crippen molar-refractivity contribution in [1.82, 2.24) is 5.32 Å². The van der Waals surface area contributed by atoms with E-state index in [0.717, 1.165) is 42.0 Å². The number of nitrogens with one attached hydrogen (secondary N) is 1. The molecule has 3 aromatic rings. The fraction of sp³-hybridized carbons (Fsp3) is 0. The molecule has 0 saturated carbocycles. The predicted molar refractivity (Wildman–Crippen MR) is 117 cm³/mol. The summed E-state index contributed by atoms with van der Waals surface area (Å²) in [6.07, 6.45) is 2.86. The van der Waals surface area contributed by atoms with Crippen LogP contribution in [-0.4, -0.2) is 25.1 Å². The van der Waals surface area contributed by atoms with Gasteiger partial charge in [0.15, 0.2) is 0 Å². The SMILES string of the molecule is O=C(NC(/C=C/c1ccccc1)=N/S(=O)(=O)c1ccc(F)cc1)c1ccc([N+](=O)[O-])cc1. The minimum Gasteiger partial charge on any atom is -0.306 e. The summed E-state index contributed by atoms with van der Waals surface area (Å²) in [5.74, 6) is -1.62. The Morgan fingerprint density at radius 2 is 1.59 bits per heavy atom. The Kier molecular flexibility index (Phi) is 6.86. The molecule has 0 radical (unpaired) electrons. The molecule has 0 atom stereocenters. The molecule has 0 bridgehead atoms. The number of nitrogens with zero attached hydrogens (tertiary/aromatic N) is 2. The van der Waals surface area contributed by atoms with Gasteiger partial charge in [-0.15, -0.1) is 4.40 Å². The molecule has 1 amide bonds. The Hall–Kier alpha value is -4.18. The van der Waals surface area contributed by atoms with Gasteiger partial charge in [-0.1, -0.05) is 36.4 Å². The maximum absolute atomic E-state index is 13.1. The number of nitro benzene ring substituents is 1. The number of amides is 1. The highest BCUT2D eigenvalue weighted by Crippen LogP contribution is 2.15. The van der Waals surface area contributed by atoms with Crippen molar-refractivity contribution in [2.24, 2.45) is 4.40 Å². The lowest BCUT2D eigenvalue weighted by Crippen LogP contribution is -2.30. The van der Waals surface area contributed by atoms with Crippen LogP contribution < -0.4 is 5.32 Å². The van der Waals surface area contributed by atoms with Gasteiger partial charge in [-0.2, -0.15) is 8.42 Å². The lowest BCUT2D eigenvalue weighted by atomic mass is 10.2. The topological polar surface area (TPSA) is 119 Å². The van der Waals surface area contributed by atoms with E-state index in [2.05, 4.69) is 9.71 Å². The molecule has 3 rings (SSSR count). The Morgan fingerprint density at radius 1 is 0.969 bits per heavy atom. The molecule has 0 unspecified atom stereocenters. The van der Waals surface area contributed by atoms with Gasteiger partial charge in [0.1, 0.15) is 11.7 Å². The summed E-state index contributed by atoms with van der Waals surface area (Å²) in [7, 11) is -4.26. The smallest absolute Gasteiger partial charge is 0.284 e. The van der Waals surface area contributed by atoms with Crippen LogP contribution >= 0.6 is 0 Å². The normalized spacial score (nSPS) is 12.0. The van der Waals surface area contributed by atoms with E-state index in [9.17, 15) is 27.7 Å². The fourth-order valence-corrected chi connectivity index (χ4v) is 3.50. The average Bonchev–Trinajstić information content (AvgIpc) is 2.78. The summed E-state index contributed by atoms with van der Waals surface area (Å²) in [6.45, 7) is 0. The van der Waals surface area contributed by atoms with Gasteiger partial charge in [0.2, 0.25) is 0 Å². The lowest BCUT2D eigenvalue weighted by Gasteiger charge is -2.07. The van der Waals surface area contributed by atoms with Crippen LogP contribution in [0.5, 0.6) is 0 Å². The van der Waals surface area contributed by atoms with E-state index in [1.165, 1.54) is 18.2 Å². The van der Waals surface area contributed by atoms with Crippen molar-refractivity contribution in [3.8, 4) is 0 Å². The van der Waals surface area contributed by atoms with Gasteiger partial charge in [-0.3, -0.25) is 14.9 Å². The van der Waals surface area contributed by atoms with Gasteiger partial charge < -0.3 is 5.32 Å². The zero-order valence-electron chi connectivity index (χ0n) is 16.4. The van der Waals surface area contributed by atoms with Crippen molar-refractivity contribution in [3.63, 3.8) is 0 Å². The Balaban J connectivity index is 1.93. The first-order valence-corrected chi connectivity index (χ1v) is 10.6. The second kappa shape index (κ2) is 9.75. The summed E-state index contributed by atoms with van der Waals surface area (Å²) in [6, 6.07) is 17.8. The molecule has 0 aromatic heterocycles. The Labute approximate surface area is 183 Å². The number of hydrogen-bond acceptors (Lipinski definition) is 5. The molecule has 0 spiro atoms. The molecule has 0 saturated heterocycles. The van der Waals surface area contributed by atoms with Crippen LogP contribution in [0.3, 0.4) is 0 Å².